The number of nitrogens with zero attached hydrogens (tertiary/aromatic N) is 2. The Bertz CT molecular complexity index is 1050. The number of rotatable bonds is 5. The van der Waals surface area contributed by atoms with E-state index in [0.29, 0.717) is 38.4 Å². The quantitative estimate of drug-likeness (QED) is 0.655. The lowest BCUT2D eigenvalue weighted by Gasteiger charge is -2.31. The molecule has 4 rings (SSSR count). The molecule has 0 saturated carbocycles. The molecule has 1 aliphatic heterocycles. The molecule has 2 heterocycles. The van der Waals surface area contributed by atoms with Gasteiger partial charge in [0.05, 0.1) is 17.2 Å². The second-order valence-corrected chi connectivity index (χ2v) is 9.03. The van der Waals surface area contributed by atoms with Crippen molar-refractivity contribution in [2.24, 2.45) is 5.92 Å². The Balaban J connectivity index is 1.32. The van der Waals surface area contributed by atoms with Gasteiger partial charge in [-0.15, -0.1) is 11.3 Å². The van der Waals surface area contributed by atoms with Crippen LogP contribution >= 0.6 is 11.3 Å². The molecule has 0 bridgehead atoms. The number of hydrogen-bond acceptors (Lipinski definition) is 4. The van der Waals surface area contributed by atoms with Gasteiger partial charge in [-0.05, 0) is 29.7 Å². The molecule has 0 atom stereocenters. The zero-order chi connectivity index (χ0) is 21.1. The third-order valence-electron chi connectivity index (χ3n) is 5.68. The molecular formula is C24H27N3O2S. The van der Waals surface area contributed by atoms with Gasteiger partial charge in [0.1, 0.15) is 0 Å². The van der Waals surface area contributed by atoms with Crippen LogP contribution in [0.2, 0.25) is 0 Å². The first-order valence-electron chi connectivity index (χ1n) is 10.5. The molecule has 5 nitrogen and oxygen atoms in total. The van der Waals surface area contributed by atoms with Crippen molar-refractivity contribution >= 4 is 33.9 Å². The van der Waals surface area contributed by atoms with Crippen LogP contribution in [0.5, 0.6) is 0 Å². The van der Waals surface area contributed by atoms with Crippen molar-refractivity contribution in [3.8, 4) is 0 Å². The minimum atomic E-state index is -0.0511. The van der Waals surface area contributed by atoms with Crippen LogP contribution in [0.4, 0.5) is 0 Å². The molecule has 2 amide bonds. The summed E-state index contributed by atoms with van der Waals surface area (Å²) in [5.74, 6) is 0.466. The molecule has 1 aliphatic rings. The van der Waals surface area contributed by atoms with E-state index in [1.807, 2.05) is 52.7 Å². The van der Waals surface area contributed by atoms with Crippen LogP contribution in [0.1, 0.15) is 53.7 Å². The van der Waals surface area contributed by atoms with Gasteiger partial charge in [0.15, 0.2) is 0 Å². The zero-order valence-corrected chi connectivity index (χ0v) is 18.2. The molecular weight excluding hydrogens is 394 g/mol. The van der Waals surface area contributed by atoms with Gasteiger partial charge < -0.3 is 10.2 Å². The molecule has 1 aromatic heterocycles. The summed E-state index contributed by atoms with van der Waals surface area (Å²) < 4.78 is 0. The predicted octanol–water partition coefficient (Wildman–Crippen LogP) is 4.59. The summed E-state index contributed by atoms with van der Waals surface area (Å²) in [5, 5.41) is 8.18. The van der Waals surface area contributed by atoms with Gasteiger partial charge >= 0.3 is 0 Å². The van der Waals surface area contributed by atoms with Crippen LogP contribution in [-0.4, -0.2) is 34.8 Å². The molecule has 0 radical (unpaired) electrons. The number of thiazole rings is 1. The second kappa shape index (κ2) is 8.96. The minimum absolute atomic E-state index is 0.0503. The van der Waals surface area contributed by atoms with Crippen molar-refractivity contribution in [1.29, 1.82) is 0 Å². The smallest absolute Gasteiger partial charge is 0.254 e. The Morgan fingerprint density at radius 2 is 1.87 bits per heavy atom. The van der Waals surface area contributed by atoms with Crippen molar-refractivity contribution < 1.29 is 9.59 Å². The number of hydrogen-bond donors (Lipinski definition) is 1. The molecule has 1 N–H and O–H groups in total. The monoisotopic (exact) mass is 421 g/mol. The molecule has 0 spiro atoms. The number of piperidine rings is 1. The highest BCUT2D eigenvalue weighted by Crippen LogP contribution is 2.24. The first-order valence-corrected chi connectivity index (χ1v) is 11.4. The molecule has 0 aliphatic carbocycles. The van der Waals surface area contributed by atoms with Crippen molar-refractivity contribution in [2.75, 3.05) is 13.1 Å². The SMILES string of the molecule is CC(C)c1nc(CNC(=O)C2CCN(C(=O)c3cccc4ccccc34)CC2)cs1. The van der Waals surface area contributed by atoms with E-state index in [-0.39, 0.29) is 17.7 Å². The zero-order valence-electron chi connectivity index (χ0n) is 17.4. The highest BCUT2D eigenvalue weighted by atomic mass is 32.1. The number of carbonyl (C=O) groups excluding carboxylic acids is 2. The van der Waals surface area contributed by atoms with Gasteiger partial charge in [0, 0.05) is 35.9 Å². The van der Waals surface area contributed by atoms with Crippen molar-refractivity contribution in [3.05, 3.63) is 64.1 Å². The van der Waals surface area contributed by atoms with Gasteiger partial charge in [-0.1, -0.05) is 50.2 Å². The van der Waals surface area contributed by atoms with Crippen LogP contribution in [-0.2, 0) is 11.3 Å². The number of nitrogens with one attached hydrogen (secondary N) is 1. The maximum absolute atomic E-state index is 13.1. The Kier molecular flexibility index (Phi) is 6.13. The number of likely N-dealkylation sites (tertiary alicyclic amines) is 1. The van der Waals surface area contributed by atoms with Crippen LogP contribution < -0.4 is 5.32 Å². The highest BCUT2D eigenvalue weighted by Gasteiger charge is 2.28. The summed E-state index contributed by atoms with van der Waals surface area (Å²) >= 11 is 1.64. The topological polar surface area (TPSA) is 62.3 Å². The lowest BCUT2D eigenvalue weighted by atomic mass is 9.95. The van der Waals surface area contributed by atoms with Gasteiger partial charge in [0.2, 0.25) is 5.91 Å². The van der Waals surface area contributed by atoms with E-state index in [4.69, 9.17) is 0 Å². The summed E-state index contributed by atoms with van der Waals surface area (Å²) in [6.45, 7) is 5.92. The maximum atomic E-state index is 13.1. The molecule has 3 aromatic rings. The molecule has 6 heteroatoms. The Labute approximate surface area is 181 Å². The number of aromatic nitrogens is 1. The van der Waals surface area contributed by atoms with Crippen molar-refractivity contribution in [2.45, 2.75) is 39.2 Å². The minimum Gasteiger partial charge on any atom is -0.350 e. The van der Waals surface area contributed by atoms with Crippen LogP contribution in [0.25, 0.3) is 10.8 Å². The lowest BCUT2D eigenvalue weighted by Crippen LogP contribution is -2.43. The average molecular weight is 422 g/mol. The normalized spacial score (nSPS) is 15.0. The van der Waals surface area contributed by atoms with E-state index < -0.39 is 0 Å². The maximum Gasteiger partial charge on any atom is 0.254 e. The van der Waals surface area contributed by atoms with Crippen molar-refractivity contribution in [1.82, 2.24) is 15.2 Å². The van der Waals surface area contributed by atoms with Crippen molar-refractivity contribution in [3.63, 3.8) is 0 Å². The number of carbonyl (C=O) groups is 2. The number of amides is 2. The van der Waals surface area contributed by atoms with E-state index in [2.05, 4.69) is 24.1 Å². The average Bonchev–Trinajstić information content (AvgIpc) is 3.26. The largest absolute Gasteiger partial charge is 0.350 e. The van der Waals surface area contributed by atoms with Crippen LogP contribution in [0, 0.1) is 5.92 Å². The van der Waals surface area contributed by atoms with E-state index in [0.717, 1.165) is 27.0 Å². The fourth-order valence-corrected chi connectivity index (χ4v) is 4.75. The van der Waals surface area contributed by atoms with Gasteiger partial charge in [-0.3, -0.25) is 9.59 Å². The standard InChI is InChI=1S/C24H27N3O2S/c1-16(2)23-26-19(15-30-23)14-25-22(28)18-10-12-27(13-11-18)24(29)21-9-5-7-17-6-3-4-8-20(17)21/h3-9,15-16,18H,10-14H2,1-2H3,(H,25,28). The molecule has 2 aromatic carbocycles. The summed E-state index contributed by atoms with van der Waals surface area (Å²) in [6.07, 6.45) is 1.38. The molecule has 1 saturated heterocycles. The van der Waals surface area contributed by atoms with E-state index >= 15 is 0 Å². The van der Waals surface area contributed by atoms with Gasteiger partial charge in [0.25, 0.3) is 5.91 Å². The number of fused-ring (bicyclic) bond motifs is 1. The highest BCUT2D eigenvalue weighted by molar-refractivity contribution is 7.09. The first-order chi connectivity index (χ1) is 14.5. The summed E-state index contributed by atoms with van der Waals surface area (Å²) in [4.78, 5) is 32.1. The summed E-state index contributed by atoms with van der Waals surface area (Å²) in [6, 6.07) is 13.8. The molecule has 30 heavy (non-hydrogen) atoms. The Morgan fingerprint density at radius 3 is 2.60 bits per heavy atom. The van der Waals surface area contributed by atoms with E-state index in [1.54, 1.807) is 11.3 Å². The summed E-state index contributed by atoms with van der Waals surface area (Å²) in [5.41, 5.74) is 1.65. The third kappa shape index (κ3) is 4.38. The van der Waals surface area contributed by atoms with Gasteiger partial charge in [-0.2, -0.15) is 0 Å². The van der Waals surface area contributed by atoms with E-state index in [9.17, 15) is 9.59 Å². The van der Waals surface area contributed by atoms with Gasteiger partial charge in [-0.25, -0.2) is 4.98 Å². The number of benzene rings is 2. The summed E-state index contributed by atoms with van der Waals surface area (Å²) in [7, 11) is 0. The second-order valence-electron chi connectivity index (χ2n) is 8.14. The lowest BCUT2D eigenvalue weighted by molar-refractivity contribution is -0.126. The Morgan fingerprint density at radius 1 is 1.13 bits per heavy atom. The third-order valence-corrected chi connectivity index (χ3v) is 6.87. The van der Waals surface area contributed by atoms with E-state index in [1.165, 1.54) is 0 Å². The fraction of sp³-hybridized carbons (Fsp3) is 0.375. The molecule has 156 valence electrons. The molecule has 1 fully saturated rings. The Hall–Kier alpha value is -2.73. The molecule has 0 unspecified atom stereocenters. The van der Waals surface area contributed by atoms with Crippen LogP contribution in [0.3, 0.4) is 0 Å². The predicted molar refractivity (Wildman–Crippen MR) is 121 cm³/mol. The fourth-order valence-electron chi connectivity index (χ4n) is 3.92. The first kappa shape index (κ1) is 20.5. The van der Waals surface area contributed by atoms with Crippen LogP contribution in [0.15, 0.2) is 47.8 Å².